The summed E-state index contributed by atoms with van der Waals surface area (Å²) in [5.74, 6) is -0.352. The number of fused-ring (bicyclic) bond motifs is 1. The van der Waals surface area contributed by atoms with Crippen LogP contribution in [0.1, 0.15) is 35.1 Å². The van der Waals surface area contributed by atoms with Gasteiger partial charge in [-0.1, -0.05) is 30.3 Å². The highest BCUT2D eigenvalue weighted by atomic mass is 32.2. The van der Waals surface area contributed by atoms with Crippen molar-refractivity contribution in [1.29, 1.82) is 0 Å². The average Bonchev–Trinajstić information content (AvgIpc) is 2.65. The lowest BCUT2D eigenvalue weighted by Gasteiger charge is -2.16. The van der Waals surface area contributed by atoms with Gasteiger partial charge in [-0.05, 0) is 67.0 Å². The molecule has 0 unspecified atom stereocenters. The lowest BCUT2D eigenvalue weighted by Crippen LogP contribution is -2.36. The van der Waals surface area contributed by atoms with E-state index in [1.165, 1.54) is 5.56 Å². The van der Waals surface area contributed by atoms with Crippen molar-refractivity contribution in [3.63, 3.8) is 0 Å². The van der Waals surface area contributed by atoms with Crippen LogP contribution in [0.15, 0.2) is 47.4 Å². The van der Waals surface area contributed by atoms with Gasteiger partial charge in [0.25, 0.3) is 0 Å². The van der Waals surface area contributed by atoms with E-state index in [2.05, 4.69) is 10.0 Å². The molecule has 0 spiro atoms. The second kappa shape index (κ2) is 8.01. The Balaban J connectivity index is 1.58. The molecule has 1 amide bonds. The first-order valence-corrected chi connectivity index (χ1v) is 10.4. The van der Waals surface area contributed by atoms with Crippen LogP contribution in [0, 0.1) is 6.92 Å². The molecule has 5 nitrogen and oxygen atoms in total. The lowest BCUT2D eigenvalue weighted by atomic mass is 9.92. The van der Waals surface area contributed by atoms with Gasteiger partial charge >= 0.3 is 0 Å². The van der Waals surface area contributed by atoms with Crippen molar-refractivity contribution in [2.75, 3.05) is 6.54 Å². The zero-order valence-corrected chi connectivity index (χ0v) is 15.7. The molecule has 0 saturated carbocycles. The van der Waals surface area contributed by atoms with E-state index in [4.69, 9.17) is 0 Å². The molecule has 26 heavy (non-hydrogen) atoms. The number of sulfonamides is 1. The molecular formula is C20H24N2O3S. The van der Waals surface area contributed by atoms with E-state index < -0.39 is 10.0 Å². The zero-order valence-electron chi connectivity index (χ0n) is 14.9. The highest BCUT2D eigenvalue weighted by Gasteiger charge is 2.18. The van der Waals surface area contributed by atoms with Crippen molar-refractivity contribution >= 4 is 15.9 Å². The molecule has 0 aliphatic heterocycles. The number of hydrogen-bond acceptors (Lipinski definition) is 3. The summed E-state index contributed by atoms with van der Waals surface area (Å²) in [5, 5.41) is 2.75. The number of benzene rings is 2. The van der Waals surface area contributed by atoms with E-state index >= 15 is 0 Å². The highest BCUT2D eigenvalue weighted by Crippen LogP contribution is 2.23. The zero-order chi connectivity index (χ0) is 18.6. The van der Waals surface area contributed by atoms with Crippen LogP contribution in [0.3, 0.4) is 0 Å². The minimum absolute atomic E-state index is 0.227. The number of nitrogens with one attached hydrogen (secondary N) is 2. The maximum atomic E-state index is 12.5. The quantitative estimate of drug-likeness (QED) is 0.818. The molecule has 2 aromatic carbocycles. The van der Waals surface area contributed by atoms with Crippen molar-refractivity contribution in [3.05, 3.63) is 64.7 Å². The van der Waals surface area contributed by atoms with Crippen molar-refractivity contribution < 1.29 is 13.2 Å². The number of carbonyl (C=O) groups excluding carboxylic acids is 1. The van der Waals surface area contributed by atoms with Gasteiger partial charge in [-0.2, -0.15) is 0 Å². The van der Waals surface area contributed by atoms with Gasteiger partial charge in [0.1, 0.15) is 0 Å². The van der Waals surface area contributed by atoms with Gasteiger partial charge in [0, 0.05) is 6.54 Å². The van der Waals surface area contributed by atoms with Crippen molar-refractivity contribution in [2.45, 2.75) is 44.0 Å². The average molecular weight is 372 g/mol. The summed E-state index contributed by atoms with van der Waals surface area (Å²) >= 11 is 0. The molecule has 0 atom stereocenters. The molecule has 3 rings (SSSR count). The maximum Gasteiger partial charge on any atom is 0.241 e. The summed E-state index contributed by atoms with van der Waals surface area (Å²) in [6.45, 7) is 2.08. The molecule has 2 N–H and O–H groups in total. The Morgan fingerprint density at radius 2 is 1.77 bits per heavy atom. The summed E-state index contributed by atoms with van der Waals surface area (Å²) in [6, 6.07) is 13.0. The van der Waals surface area contributed by atoms with Gasteiger partial charge in [-0.25, -0.2) is 13.1 Å². The molecule has 0 fully saturated rings. The molecule has 0 bridgehead atoms. The molecule has 138 valence electrons. The van der Waals surface area contributed by atoms with Gasteiger partial charge in [0.2, 0.25) is 15.9 Å². The summed E-state index contributed by atoms with van der Waals surface area (Å²) in [6.07, 6.45) is 4.16. The largest absolute Gasteiger partial charge is 0.351 e. The number of aryl methyl sites for hydroxylation is 3. The number of rotatable bonds is 6. The normalized spacial score (nSPS) is 13.9. The monoisotopic (exact) mass is 372 g/mol. The third-order valence-corrected chi connectivity index (χ3v) is 6.19. The number of carbonyl (C=O) groups is 1. The molecular weight excluding hydrogens is 348 g/mol. The molecule has 0 heterocycles. The first-order chi connectivity index (χ1) is 12.5. The van der Waals surface area contributed by atoms with Gasteiger partial charge in [-0.3, -0.25) is 4.79 Å². The minimum Gasteiger partial charge on any atom is -0.351 e. The smallest absolute Gasteiger partial charge is 0.241 e. The van der Waals surface area contributed by atoms with Crippen molar-refractivity contribution in [2.24, 2.45) is 0 Å². The second-order valence-corrected chi connectivity index (χ2v) is 8.43. The molecule has 6 heteroatoms. The van der Waals surface area contributed by atoms with E-state index in [1.54, 1.807) is 12.1 Å². The summed E-state index contributed by atoms with van der Waals surface area (Å²) in [4.78, 5) is 12.2. The lowest BCUT2D eigenvalue weighted by molar-refractivity contribution is -0.120. The predicted octanol–water partition coefficient (Wildman–Crippen LogP) is 2.47. The fourth-order valence-electron chi connectivity index (χ4n) is 3.19. The van der Waals surface area contributed by atoms with E-state index in [9.17, 15) is 13.2 Å². The molecule has 1 aliphatic carbocycles. The number of hydrogen-bond donors (Lipinski definition) is 2. The molecule has 2 aromatic rings. The first kappa shape index (κ1) is 18.6. The van der Waals surface area contributed by atoms with Crippen LogP contribution in [-0.2, 0) is 34.2 Å². The summed E-state index contributed by atoms with van der Waals surface area (Å²) < 4.78 is 27.3. The van der Waals surface area contributed by atoms with Gasteiger partial charge < -0.3 is 5.32 Å². The standard InChI is InChI=1S/C20H24N2O3S/c1-15-6-2-3-9-18(15)13-21-20(23)14-22-26(24,25)19-11-10-16-7-4-5-8-17(16)12-19/h2-3,6,9-12,22H,4-5,7-8,13-14H2,1H3,(H,21,23). The first-order valence-electron chi connectivity index (χ1n) is 8.88. The van der Waals surface area contributed by atoms with Crippen molar-refractivity contribution in [3.8, 4) is 0 Å². The SMILES string of the molecule is Cc1ccccc1CNC(=O)CNS(=O)(=O)c1ccc2c(c1)CCCC2. The van der Waals surface area contributed by atoms with Crippen LogP contribution in [0.5, 0.6) is 0 Å². The minimum atomic E-state index is -3.69. The second-order valence-electron chi connectivity index (χ2n) is 6.67. The van der Waals surface area contributed by atoms with E-state index in [-0.39, 0.29) is 17.3 Å². The third-order valence-electron chi connectivity index (χ3n) is 4.79. The molecule has 0 aromatic heterocycles. The molecule has 1 aliphatic rings. The van der Waals surface area contributed by atoms with Gasteiger partial charge in [0.15, 0.2) is 0 Å². The Morgan fingerprint density at radius 3 is 2.54 bits per heavy atom. The van der Waals surface area contributed by atoms with E-state index in [1.807, 2.05) is 37.3 Å². The molecule has 0 radical (unpaired) electrons. The Morgan fingerprint density at radius 1 is 1.04 bits per heavy atom. The highest BCUT2D eigenvalue weighted by molar-refractivity contribution is 7.89. The predicted molar refractivity (Wildman–Crippen MR) is 101 cm³/mol. The number of amides is 1. The van der Waals surface area contributed by atoms with Crippen LogP contribution in [0.4, 0.5) is 0 Å². The van der Waals surface area contributed by atoms with Crippen LogP contribution in [-0.4, -0.2) is 20.9 Å². The fourth-order valence-corrected chi connectivity index (χ4v) is 4.22. The molecule has 0 saturated heterocycles. The summed E-state index contributed by atoms with van der Waals surface area (Å²) in [7, 11) is -3.69. The Labute approximate surface area is 154 Å². The van der Waals surface area contributed by atoms with Crippen LogP contribution in [0.2, 0.25) is 0 Å². The summed E-state index contributed by atoms with van der Waals surface area (Å²) in [5.41, 5.74) is 4.43. The Hall–Kier alpha value is -2.18. The van der Waals surface area contributed by atoms with E-state index in [0.29, 0.717) is 6.54 Å². The topological polar surface area (TPSA) is 75.3 Å². The maximum absolute atomic E-state index is 12.5. The van der Waals surface area contributed by atoms with Crippen LogP contribution in [0.25, 0.3) is 0 Å². The Kier molecular flexibility index (Phi) is 5.74. The Bertz CT molecular complexity index is 907. The van der Waals surface area contributed by atoms with Crippen LogP contribution >= 0.6 is 0 Å². The third kappa shape index (κ3) is 4.51. The van der Waals surface area contributed by atoms with E-state index in [0.717, 1.165) is 42.4 Å². The van der Waals surface area contributed by atoms with Crippen molar-refractivity contribution in [1.82, 2.24) is 10.0 Å². The van der Waals surface area contributed by atoms with Crippen LogP contribution < -0.4 is 10.0 Å². The fraction of sp³-hybridized carbons (Fsp3) is 0.350. The van der Waals surface area contributed by atoms with Gasteiger partial charge in [0.05, 0.1) is 11.4 Å². The van der Waals surface area contributed by atoms with Gasteiger partial charge in [-0.15, -0.1) is 0 Å².